The molecule has 2 aliphatic heterocycles. The van der Waals surface area contributed by atoms with Crippen molar-refractivity contribution in [1.29, 1.82) is 0 Å². The predicted molar refractivity (Wildman–Crippen MR) is 111 cm³/mol. The SMILES string of the molecule is CN1CCN(Cc2nc3nc(-c4cnc(N)nc4)nc(N4CCOCC4)c3o2)CC1. The average Bonchev–Trinajstić information content (AvgIpc) is 3.18. The number of hydrogen-bond acceptors (Lipinski definition) is 11. The molecule has 2 saturated heterocycles. The van der Waals surface area contributed by atoms with E-state index in [0.717, 1.165) is 45.1 Å². The van der Waals surface area contributed by atoms with Crippen LogP contribution in [0, 0.1) is 0 Å². The lowest BCUT2D eigenvalue weighted by molar-refractivity contribution is 0.122. The van der Waals surface area contributed by atoms with Crippen molar-refractivity contribution >= 4 is 23.0 Å². The van der Waals surface area contributed by atoms with Crippen LogP contribution in [0.2, 0.25) is 0 Å². The number of oxazole rings is 1. The number of aromatic nitrogens is 5. The topological polar surface area (TPSA) is 123 Å². The predicted octanol–water partition coefficient (Wildman–Crippen LogP) is 0.241. The molecule has 11 heteroatoms. The van der Waals surface area contributed by atoms with Crippen LogP contribution in [-0.2, 0) is 11.3 Å². The number of anilines is 2. The minimum Gasteiger partial charge on any atom is -0.434 e. The Bertz CT molecular complexity index is 1010. The van der Waals surface area contributed by atoms with Crippen LogP contribution in [0.25, 0.3) is 22.6 Å². The van der Waals surface area contributed by atoms with E-state index in [1.807, 2.05) is 0 Å². The maximum atomic E-state index is 6.17. The van der Waals surface area contributed by atoms with Crippen molar-refractivity contribution in [2.45, 2.75) is 6.54 Å². The largest absolute Gasteiger partial charge is 0.434 e. The first-order chi connectivity index (χ1) is 14.7. The van der Waals surface area contributed by atoms with Crippen LogP contribution in [0.4, 0.5) is 11.8 Å². The lowest BCUT2D eigenvalue weighted by Gasteiger charge is -2.31. The van der Waals surface area contributed by atoms with Crippen molar-refractivity contribution in [3.8, 4) is 11.4 Å². The molecule has 0 spiro atoms. The Morgan fingerprint density at radius 3 is 2.43 bits per heavy atom. The Hall–Kier alpha value is -2.89. The van der Waals surface area contributed by atoms with Crippen molar-refractivity contribution in [2.75, 3.05) is 70.2 Å². The Balaban J connectivity index is 1.51. The van der Waals surface area contributed by atoms with Crippen LogP contribution in [0.5, 0.6) is 0 Å². The molecule has 0 atom stereocenters. The van der Waals surface area contributed by atoms with Crippen molar-refractivity contribution in [3.05, 3.63) is 18.3 Å². The molecule has 5 rings (SSSR count). The van der Waals surface area contributed by atoms with Crippen LogP contribution >= 0.6 is 0 Å². The number of nitrogens with two attached hydrogens (primary N) is 1. The molecular weight excluding hydrogens is 386 g/mol. The standard InChI is InChI=1S/C19H25N9O2/c1-26-2-4-27(5-3-26)12-14-23-17-15(30-14)18(28-6-8-29-9-7-28)25-16(24-17)13-10-21-19(20)22-11-13/h10-11H,2-9,12H2,1H3,(H2,20,21,22). The molecule has 2 aliphatic rings. The van der Waals surface area contributed by atoms with Gasteiger partial charge < -0.3 is 24.7 Å². The number of piperazine rings is 1. The van der Waals surface area contributed by atoms with Gasteiger partial charge in [-0.3, -0.25) is 4.90 Å². The van der Waals surface area contributed by atoms with Gasteiger partial charge in [0.05, 0.1) is 25.3 Å². The van der Waals surface area contributed by atoms with Crippen molar-refractivity contribution in [3.63, 3.8) is 0 Å². The highest BCUT2D eigenvalue weighted by Crippen LogP contribution is 2.29. The number of morpholine rings is 1. The zero-order valence-electron chi connectivity index (χ0n) is 17.0. The highest BCUT2D eigenvalue weighted by Gasteiger charge is 2.24. The molecule has 3 aromatic rings. The molecule has 0 radical (unpaired) electrons. The number of rotatable bonds is 4. The number of hydrogen-bond donors (Lipinski definition) is 1. The second kappa shape index (κ2) is 8.09. The summed E-state index contributed by atoms with van der Waals surface area (Å²) in [6.07, 6.45) is 3.25. The van der Waals surface area contributed by atoms with E-state index in [2.05, 4.69) is 41.7 Å². The normalized spacial score (nSPS) is 18.9. The number of nitrogens with zero attached hydrogens (tertiary/aromatic N) is 8. The molecule has 158 valence electrons. The molecule has 0 saturated carbocycles. The number of nitrogen functional groups attached to an aromatic ring is 1. The molecule has 0 aliphatic carbocycles. The first-order valence-electron chi connectivity index (χ1n) is 10.1. The minimum atomic E-state index is 0.212. The van der Waals surface area contributed by atoms with Crippen LogP contribution < -0.4 is 10.6 Å². The molecule has 0 aromatic carbocycles. The van der Waals surface area contributed by atoms with Gasteiger partial charge in [-0.25, -0.2) is 19.9 Å². The summed E-state index contributed by atoms with van der Waals surface area (Å²) in [7, 11) is 2.14. The van der Waals surface area contributed by atoms with Crippen molar-refractivity contribution in [1.82, 2.24) is 34.7 Å². The van der Waals surface area contributed by atoms with Gasteiger partial charge in [-0.2, -0.15) is 4.98 Å². The number of ether oxygens (including phenoxy) is 1. The molecule has 0 bridgehead atoms. The monoisotopic (exact) mass is 411 g/mol. The highest BCUT2D eigenvalue weighted by molar-refractivity contribution is 5.83. The summed E-state index contributed by atoms with van der Waals surface area (Å²) in [4.78, 5) is 29.1. The van der Waals surface area contributed by atoms with E-state index in [1.54, 1.807) is 12.4 Å². The summed E-state index contributed by atoms with van der Waals surface area (Å²) < 4.78 is 11.7. The van der Waals surface area contributed by atoms with Gasteiger partial charge in [-0.05, 0) is 7.05 Å². The first kappa shape index (κ1) is 19.1. The highest BCUT2D eigenvalue weighted by atomic mass is 16.5. The summed E-state index contributed by atoms with van der Waals surface area (Å²) in [5, 5.41) is 0. The lowest BCUT2D eigenvalue weighted by atomic mass is 10.3. The molecule has 3 aromatic heterocycles. The Morgan fingerprint density at radius 1 is 0.967 bits per heavy atom. The van der Waals surface area contributed by atoms with Gasteiger partial charge in [0.25, 0.3) is 0 Å². The summed E-state index contributed by atoms with van der Waals surface area (Å²) in [6.45, 7) is 7.49. The quantitative estimate of drug-likeness (QED) is 0.635. The van der Waals surface area contributed by atoms with Gasteiger partial charge in [0.15, 0.2) is 11.6 Å². The summed E-state index contributed by atoms with van der Waals surface area (Å²) >= 11 is 0. The molecule has 2 N–H and O–H groups in total. The third kappa shape index (κ3) is 3.91. The molecule has 5 heterocycles. The maximum Gasteiger partial charge on any atom is 0.219 e. The lowest BCUT2D eigenvalue weighted by Crippen LogP contribution is -2.43. The van der Waals surface area contributed by atoms with E-state index in [1.165, 1.54) is 0 Å². The summed E-state index contributed by atoms with van der Waals surface area (Å²) in [5.74, 6) is 2.10. The van der Waals surface area contributed by atoms with E-state index in [4.69, 9.17) is 19.9 Å². The fourth-order valence-corrected chi connectivity index (χ4v) is 3.69. The van der Waals surface area contributed by atoms with E-state index in [9.17, 15) is 0 Å². The Labute approximate surface area is 173 Å². The fourth-order valence-electron chi connectivity index (χ4n) is 3.69. The molecule has 0 unspecified atom stereocenters. The van der Waals surface area contributed by atoms with Gasteiger partial charge in [0.2, 0.25) is 23.1 Å². The molecule has 2 fully saturated rings. The molecule has 30 heavy (non-hydrogen) atoms. The van der Waals surface area contributed by atoms with E-state index >= 15 is 0 Å². The minimum absolute atomic E-state index is 0.212. The van der Waals surface area contributed by atoms with E-state index < -0.39 is 0 Å². The van der Waals surface area contributed by atoms with Crippen LogP contribution in [0.1, 0.15) is 5.89 Å². The average molecular weight is 411 g/mol. The summed E-state index contributed by atoms with van der Waals surface area (Å²) in [5.41, 5.74) is 7.46. The van der Waals surface area contributed by atoms with Crippen LogP contribution in [0.3, 0.4) is 0 Å². The third-order valence-electron chi connectivity index (χ3n) is 5.48. The molecule has 0 amide bonds. The second-order valence-electron chi connectivity index (χ2n) is 7.64. The second-order valence-corrected chi connectivity index (χ2v) is 7.64. The zero-order chi connectivity index (χ0) is 20.5. The maximum absolute atomic E-state index is 6.17. The van der Waals surface area contributed by atoms with Crippen LogP contribution in [0.15, 0.2) is 16.8 Å². The third-order valence-corrected chi connectivity index (χ3v) is 5.48. The van der Waals surface area contributed by atoms with E-state index in [0.29, 0.717) is 48.3 Å². The number of fused-ring (bicyclic) bond motifs is 1. The zero-order valence-corrected chi connectivity index (χ0v) is 17.0. The first-order valence-corrected chi connectivity index (χ1v) is 10.1. The Morgan fingerprint density at radius 2 is 1.70 bits per heavy atom. The fraction of sp³-hybridized carbons (Fsp3) is 0.526. The van der Waals surface area contributed by atoms with Crippen molar-refractivity contribution < 1.29 is 9.15 Å². The van der Waals surface area contributed by atoms with Gasteiger partial charge in [0.1, 0.15) is 0 Å². The Kier molecular flexibility index (Phi) is 5.15. The van der Waals surface area contributed by atoms with Gasteiger partial charge in [-0.1, -0.05) is 0 Å². The van der Waals surface area contributed by atoms with E-state index in [-0.39, 0.29) is 5.95 Å². The van der Waals surface area contributed by atoms with Gasteiger partial charge in [-0.15, -0.1) is 0 Å². The van der Waals surface area contributed by atoms with Gasteiger partial charge >= 0.3 is 0 Å². The number of likely N-dealkylation sites (N-methyl/N-ethyl adjacent to an activating group) is 1. The van der Waals surface area contributed by atoms with Crippen molar-refractivity contribution in [2.24, 2.45) is 0 Å². The molecule has 11 nitrogen and oxygen atoms in total. The van der Waals surface area contributed by atoms with Crippen LogP contribution in [-0.4, -0.2) is 94.2 Å². The van der Waals surface area contributed by atoms with Gasteiger partial charge in [0, 0.05) is 51.7 Å². The summed E-state index contributed by atoms with van der Waals surface area (Å²) in [6, 6.07) is 0. The smallest absolute Gasteiger partial charge is 0.219 e. The molecular formula is C19H25N9O2.